The van der Waals surface area contributed by atoms with Gasteiger partial charge in [0.15, 0.2) is 0 Å². The Kier molecular flexibility index (Phi) is 4.97. The van der Waals surface area contributed by atoms with Crippen molar-refractivity contribution in [1.82, 2.24) is 10.3 Å². The molecule has 0 radical (unpaired) electrons. The Morgan fingerprint density at radius 2 is 2.46 bits per heavy atom. The van der Waals surface area contributed by atoms with Crippen molar-refractivity contribution < 1.29 is 4.74 Å². The molecule has 0 saturated carbocycles. The summed E-state index contributed by atoms with van der Waals surface area (Å²) < 4.78 is 5.20. The van der Waals surface area contributed by atoms with Crippen molar-refractivity contribution in [3.63, 3.8) is 0 Å². The minimum atomic E-state index is 0.779. The maximum Gasteiger partial charge on any atom is 0.107 e. The first-order chi connectivity index (χ1) is 6.33. The number of nitrogens with zero attached hydrogens (tertiary/aromatic N) is 1. The van der Waals surface area contributed by atoms with Gasteiger partial charge in [0.1, 0.15) is 5.01 Å². The lowest BCUT2D eigenvalue weighted by atomic mass is 10.5. The van der Waals surface area contributed by atoms with Gasteiger partial charge in [-0.2, -0.15) is 0 Å². The van der Waals surface area contributed by atoms with Crippen molar-refractivity contribution in [2.45, 2.75) is 20.4 Å². The van der Waals surface area contributed by atoms with Gasteiger partial charge in [-0.15, -0.1) is 11.3 Å². The van der Waals surface area contributed by atoms with Gasteiger partial charge in [-0.25, -0.2) is 4.98 Å². The van der Waals surface area contributed by atoms with Gasteiger partial charge in [0.2, 0.25) is 0 Å². The van der Waals surface area contributed by atoms with Gasteiger partial charge in [0, 0.05) is 30.8 Å². The molecule has 13 heavy (non-hydrogen) atoms. The van der Waals surface area contributed by atoms with Crippen LogP contribution in [0.5, 0.6) is 0 Å². The molecule has 0 aromatic carbocycles. The normalized spacial score (nSPS) is 10.6. The van der Waals surface area contributed by atoms with Crippen LogP contribution in [0, 0.1) is 6.92 Å². The van der Waals surface area contributed by atoms with E-state index in [9.17, 15) is 0 Å². The van der Waals surface area contributed by atoms with E-state index in [-0.39, 0.29) is 0 Å². The van der Waals surface area contributed by atoms with Crippen LogP contribution < -0.4 is 5.32 Å². The Morgan fingerprint density at radius 1 is 1.62 bits per heavy atom. The highest BCUT2D eigenvalue weighted by Gasteiger charge is 1.96. The predicted molar refractivity (Wildman–Crippen MR) is 55.1 cm³/mol. The third-order valence-electron chi connectivity index (χ3n) is 1.57. The van der Waals surface area contributed by atoms with Gasteiger partial charge in [-0.3, -0.25) is 0 Å². The topological polar surface area (TPSA) is 34.1 Å². The summed E-state index contributed by atoms with van der Waals surface area (Å²) in [5.41, 5.74) is 1.10. The van der Waals surface area contributed by atoms with Crippen molar-refractivity contribution in [3.05, 3.63) is 16.1 Å². The fourth-order valence-corrected chi connectivity index (χ4v) is 1.71. The zero-order valence-corrected chi connectivity index (χ0v) is 8.99. The molecule has 1 heterocycles. The van der Waals surface area contributed by atoms with Crippen LogP contribution in [0.1, 0.15) is 17.6 Å². The van der Waals surface area contributed by atoms with E-state index >= 15 is 0 Å². The van der Waals surface area contributed by atoms with Crippen LogP contribution in [0.4, 0.5) is 0 Å². The summed E-state index contributed by atoms with van der Waals surface area (Å²) in [5.74, 6) is 0. The van der Waals surface area contributed by atoms with Gasteiger partial charge in [-0.1, -0.05) is 0 Å². The highest BCUT2D eigenvalue weighted by molar-refractivity contribution is 7.09. The molecule has 0 amide bonds. The van der Waals surface area contributed by atoms with Crippen LogP contribution in [-0.2, 0) is 11.3 Å². The Balaban J connectivity index is 2.06. The standard InChI is InChI=1S/C9H16N2OS/c1-3-12-5-4-10-6-9-11-8(2)7-13-9/h7,10H,3-6H2,1-2H3. The molecule has 74 valence electrons. The Bertz CT molecular complexity index is 237. The Hall–Kier alpha value is -0.450. The molecule has 0 atom stereocenters. The lowest BCUT2D eigenvalue weighted by Crippen LogP contribution is -2.19. The van der Waals surface area contributed by atoms with E-state index < -0.39 is 0 Å². The number of thiazole rings is 1. The average Bonchev–Trinajstić information content (AvgIpc) is 2.51. The summed E-state index contributed by atoms with van der Waals surface area (Å²) in [6.07, 6.45) is 0. The molecule has 1 N–H and O–H groups in total. The Labute approximate surface area is 83.1 Å². The summed E-state index contributed by atoms with van der Waals surface area (Å²) in [6, 6.07) is 0. The molecule has 4 heteroatoms. The maximum atomic E-state index is 5.20. The quantitative estimate of drug-likeness (QED) is 0.708. The molecule has 0 aliphatic rings. The molecule has 1 rings (SSSR count). The molecule has 1 aromatic heterocycles. The van der Waals surface area contributed by atoms with E-state index in [1.807, 2.05) is 13.8 Å². The molecule has 3 nitrogen and oxygen atoms in total. The van der Waals surface area contributed by atoms with Crippen LogP contribution in [0.25, 0.3) is 0 Å². The molecule has 0 bridgehead atoms. The van der Waals surface area contributed by atoms with Crippen LogP contribution >= 0.6 is 11.3 Å². The lowest BCUT2D eigenvalue weighted by Gasteiger charge is -2.01. The minimum Gasteiger partial charge on any atom is -0.380 e. The van der Waals surface area contributed by atoms with Crippen LogP contribution in [0.15, 0.2) is 5.38 Å². The van der Waals surface area contributed by atoms with E-state index in [2.05, 4.69) is 15.7 Å². The molecule has 0 aliphatic carbocycles. The summed E-state index contributed by atoms with van der Waals surface area (Å²) in [6.45, 7) is 7.33. The molecule has 0 saturated heterocycles. The van der Waals surface area contributed by atoms with Crippen molar-refractivity contribution in [2.75, 3.05) is 19.8 Å². The van der Waals surface area contributed by atoms with Crippen molar-refractivity contribution in [1.29, 1.82) is 0 Å². The molecule has 0 unspecified atom stereocenters. The molecule has 0 aliphatic heterocycles. The fourth-order valence-electron chi connectivity index (χ4n) is 0.968. The number of rotatable bonds is 6. The number of hydrogen-bond acceptors (Lipinski definition) is 4. The third-order valence-corrected chi connectivity index (χ3v) is 2.54. The van der Waals surface area contributed by atoms with Crippen molar-refractivity contribution >= 4 is 11.3 Å². The Morgan fingerprint density at radius 3 is 3.08 bits per heavy atom. The average molecular weight is 200 g/mol. The molecule has 0 spiro atoms. The van der Waals surface area contributed by atoms with E-state index in [4.69, 9.17) is 4.74 Å². The third kappa shape index (κ3) is 4.36. The number of aromatic nitrogens is 1. The summed E-state index contributed by atoms with van der Waals surface area (Å²) in [4.78, 5) is 4.34. The van der Waals surface area contributed by atoms with Crippen LogP contribution in [-0.4, -0.2) is 24.7 Å². The number of hydrogen-bond donors (Lipinski definition) is 1. The molecule has 0 fully saturated rings. The largest absolute Gasteiger partial charge is 0.380 e. The second kappa shape index (κ2) is 6.07. The smallest absolute Gasteiger partial charge is 0.107 e. The summed E-state index contributed by atoms with van der Waals surface area (Å²) in [7, 11) is 0. The van der Waals surface area contributed by atoms with Crippen LogP contribution in [0.3, 0.4) is 0 Å². The van der Waals surface area contributed by atoms with Gasteiger partial charge in [-0.05, 0) is 13.8 Å². The van der Waals surface area contributed by atoms with Crippen LogP contribution in [0.2, 0.25) is 0 Å². The number of aryl methyl sites for hydroxylation is 1. The van der Waals surface area contributed by atoms with E-state index in [0.717, 1.165) is 37.0 Å². The second-order valence-corrected chi connectivity index (χ2v) is 3.70. The molecular weight excluding hydrogens is 184 g/mol. The number of nitrogens with one attached hydrogen (secondary N) is 1. The zero-order valence-electron chi connectivity index (χ0n) is 8.17. The zero-order chi connectivity index (χ0) is 9.52. The number of ether oxygens (including phenoxy) is 1. The first-order valence-corrected chi connectivity index (χ1v) is 5.40. The minimum absolute atomic E-state index is 0.779. The van der Waals surface area contributed by atoms with Gasteiger partial charge < -0.3 is 10.1 Å². The first kappa shape index (κ1) is 10.6. The van der Waals surface area contributed by atoms with E-state index in [0.29, 0.717) is 0 Å². The predicted octanol–water partition coefficient (Wildman–Crippen LogP) is 1.58. The molecular formula is C9H16N2OS. The lowest BCUT2D eigenvalue weighted by molar-refractivity contribution is 0.149. The highest BCUT2D eigenvalue weighted by Crippen LogP contribution is 2.07. The second-order valence-electron chi connectivity index (χ2n) is 2.76. The summed E-state index contributed by atoms with van der Waals surface area (Å²) in [5, 5.41) is 6.49. The maximum absolute atomic E-state index is 5.20. The van der Waals surface area contributed by atoms with Crippen molar-refractivity contribution in [3.8, 4) is 0 Å². The van der Waals surface area contributed by atoms with Gasteiger partial charge in [0.25, 0.3) is 0 Å². The van der Waals surface area contributed by atoms with E-state index in [1.54, 1.807) is 11.3 Å². The van der Waals surface area contributed by atoms with Gasteiger partial charge >= 0.3 is 0 Å². The first-order valence-electron chi connectivity index (χ1n) is 4.52. The molecule has 1 aromatic rings. The van der Waals surface area contributed by atoms with E-state index in [1.165, 1.54) is 0 Å². The monoisotopic (exact) mass is 200 g/mol. The SMILES string of the molecule is CCOCCNCc1nc(C)cs1. The highest BCUT2D eigenvalue weighted by atomic mass is 32.1. The van der Waals surface area contributed by atoms with Gasteiger partial charge in [0.05, 0.1) is 6.61 Å². The fraction of sp³-hybridized carbons (Fsp3) is 0.667. The van der Waals surface area contributed by atoms with Crippen molar-refractivity contribution in [2.24, 2.45) is 0 Å². The summed E-state index contributed by atoms with van der Waals surface area (Å²) >= 11 is 1.70.